The maximum atomic E-state index is 4.98. The first-order valence-corrected chi connectivity index (χ1v) is 16.4. The van der Waals surface area contributed by atoms with Crippen molar-refractivity contribution in [2.24, 2.45) is 7.05 Å². The lowest BCUT2D eigenvalue weighted by molar-refractivity contribution is 0.959. The second-order valence-electron chi connectivity index (χ2n) is 12.5. The van der Waals surface area contributed by atoms with Crippen LogP contribution < -0.4 is 0 Å². The van der Waals surface area contributed by atoms with Crippen LogP contribution in [0.5, 0.6) is 0 Å². The van der Waals surface area contributed by atoms with Gasteiger partial charge in [0.15, 0.2) is 0 Å². The number of hydrogen-bond donors (Lipinski definition) is 0. The number of benzene rings is 7. The van der Waals surface area contributed by atoms with Gasteiger partial charge in [0.2, 0.25) is 0 Å². The van der Waals surface area contributed by atoms with Gasteiger partial charge in [-0.3, -0.25) is 0 Å². The standard InChI is InChI=1S/C44H30N4/c1-46-41-28-31(23-26-38(41)45-44(46)29-13-4-2-5-14-29)30-15-12-18-33(27-30)48-40-22-11-9-20-35(40)37-25-24-36-34-19-8-10-21-39(34)47(42(36)43(37)48)32-16-6-3-7-17-32/h2-28H,1H3. The molecule has 0 amide bonds. The van der Waals surface area contributed by atoms with Gasteiger partial charge in [0.05, 0.1) is 33.1 Å². The summed E-state index contributed by atoms with van der Waals surface area (Å²) in [6.07, 6.45) is 0. The minimum atomic E-state index is 0.972. The zero-order chi connectivity index (χ0) is 31.8. The van der Waals surface area contributed by atoms with Crippen molar-refractivity contribution < 1.29 is 0 Å². The first-order valence-electron chi connectivity index (χ1n) is 16.4. The summed E-state index contributed by atoms with van der Waals surface area (Å²) in [5.41, 5.74) is 12.7. The van der Waals surface area contributed by atoms with Gasteiger partial charge < -0.3 is 13.7 Å². The number of para-hydroxylation sites is 3. The zero-order valence-corrected chi connectivity index (χ0v) is 26.4. The van der Waals surface area contributed by atoms with Crippen LogP contribution in [0, 0.1) is 0 Å². The van der Waals surface area contributed by atoms with Crippen molar-refractivity contribution in [2.45, 2.75) is 0 Å². The third-order valence-corrected chi connectivity index (χ3v) is 9.83. The summed E-state index contributed by atoms with van der Waals surface area (Å²) >= 11 is 0. The number of imidazole rings is 1. The van der Waals surface area contributed by atoms with Crippen LogP contribution in [0.4, 0.5) is 0 Å². The fraction of sp³-hybridized carbons (Fsp3) is 0.0227. The highest BCUT2D eigenvalue weighted by molar-refractivity contribution is 6.23. The van der Waals surface area contributed by atoms with E-state index in [-0.39, 0.29) is 0 Å². The summed E-state index contributed by atoms with van der Waals surface area (Å²) < 4.78 is 7.10. The number of hydrogen-bond acceptors (Lipinski definition) is 1. The predicted molar refractivity (Wildman–Crippen MR) is 200 cm³/mol. The van der Waals surface area contributed by atoms with Crippen molar-refractivity contribution >= 4 is 54.6 Å². The number of nitrogens with zero attached hydrogens (tertiary/aromatic N) is 4. The normalized spacial score (nSPS) is 11.9. The molecule has 4 nitrogen and oxygen atoms in total. The van der Waals surface area contributed by atoms with E-state index < -0.39 is 0 Å². The van der Waals surface area contributed by atoms with Gasteiger partial charge in [-0.1, -0.05) is 115 Å². The molecule has 3 aromatic heterocycles. The fourth-order valence-corrected chi connectivity index (χ4v) is 7.65. The highest BCUT2D eigenvalue weighted by atomic mass is 15.1. The highest BCUT2D eigenvalue weighted by Crippen LogP contribution is 2.42. The summed E-state index contributed by atoms with van der Waals surface area (Å²) in [5, 5.41) is 4.99. The molecule has 0 saturated heterocycles. The third kappa shape index (κ3) is 3.86. The topological polar surface area (TPSA) is 27.7 Å². The SMILES string of the molecule is Cn1c(-c2ccccc2)nc2ccc(-c3cccc(-n4c5ccccc5c5ccc6c7ccccc7n(-c7ccccc7)c6c54)c3)cc21. The van der Waals surface area contributed by atoms with E-state index in [1.54, 1.807) is 0 Å². The van der Waals surface area contributed by atoms with E-state index in [2.05, 4.69) is 178 Å². The Kier molecular flexibility index (Phi) is 5.75. The van der Waals surface area contributed by atoms with Crippen LogP contribution in [0.1, 0.15) is 0 Å². The Morgan fingerprint density at radius 1 is 0.396 bits per heavy atom. The maximum Gasteiger partial charge on any atom is 0.140 e. The van der Waals surface area contributed by atoms with Gasteiger partial charge in [-0.25, -0.2) is 4.98 Å². The van der Waals surface area contributed by atoms with Crippen LogP contribution in [0.25, 0.3) is 88.5 Å². The van der Waals surface area contributed by atoms with E-state index in [9.17, 15) is 0 Å². The number of aryl methyl sites for hydroxylation is 1. The van der Waals surface area contributed by atoms with Gasteiger partial charge in [-0.05, 0) is 59.7 Å². The molecular formula is C44H30N4. The number of fused-ring (bicyclic) bond motifs is 8. The van der Waals surface area contributed by atoms with E-state index in [0.29, 0.717) is 0 Å². The van der Waals surface area contributed by atoms with Crippen LogP contribution in [0.3, 0.4) is 0 Å². The Morgan fingerprint density at radius 2 is 0.938 bits per heavy atom. The molecule has 48 heavy (non-hydrogen) atoms. The largest absolute Gasteiger partial charge is 0.327 e. The Balaban J connectivity index is 1.24. The Bertz CT molecular complexity index is 2830. The number of rotatable bonds is 4. The predicted octanol–water partition coefficient (Wildman–Crippen LogP) is 11.1. The Labute approximate surface area is 277 Å². The quantitative estimate of drug-likeness (QED) is 0.194. The van der Waals surface area contributed by atoms with Crippen molar-refractivity contribution in [3.05, 3.63) is 164 Å². The summed E-state index contributed by atoms with van der Waals surface area (Å²) in [6, 6.07) is 58.9. The average molecular weight is 615 g/mol. The minimum absolute atomic E-state index is 0.972. The minimum Gasteiger partial charge on any atom is -0.327 e. The molecule has 0 fully saturated rings. The van der Waals surface area contributed by atoms with Gasteiger partial charge in [-0.15, -0.1) is 0 Å². The Hall–Kier alpha value is -6.39. The molecule has 0 unspecified atom stereocenters. The van der Waals surface area contributed by atoms with Crippen LogP contribution >= 0.6 is 0 Å². The first-order chi connectivity index (χ1) is 23.7. The molecular weight excluding hydrogens is 585 g/mol. The molecule has 0 spiro atoms. The average Bonchev–Trinajstić information content (AvgIpc) is 3.79. The van der Waals surface area contributed by atoms with Crippen molar-refractivity contribution in [3.63, 3.8) is 0 Å². The molecule has 7 aromatic carbocycles. The van der Waals surface area contributed by atoms with Crippen molar-refractivity contribution in [1.29, 1.82) is 0 Å². The molecule has 10 rings (SSSR count). The summed E-state index contributed by atoms with van der Waals surface area (Å²) in [6.45, 7) is 0. The van der Waals surface area contributed by atoms with Gasteiger partial charge in [0.25, 0.3) is 0 Å². The molecule has 0 aliphatic heterocycles. The smallest absolute Gasteiger partial charge is 0.140 e. The molecule has 3 heterocycles. The summed E-state index contributed by atoms with van der Waals surface area (Å²) in [7, 11) is 2.10. The molecule has 4 heteroatoms. The van der Waals surface area contributed by atoms with Crippen molar-refractivity contribution in [1.82, 2.24) is 18.7 Å². The van der Waals surface area contributed by atoms with Crippen LogP contribution in [-0.2, 0) is 7.05 Å². The summed E-state index contributed by atoms with van der Waals surface area (Å²) in [4.78, 5) is 4.98. The van der Waals surface area contributed by atoms with E-state index in [1.807, 2.05) is 6.07 Å². The van der Waals surface area contributed by atoms with Crippen LogP contribution in [0.2, 0.25) is 0 Å². The van der Waals surface area contributed by atoms with Crippen molar-refractivity contribution in [3.8, 4) is 33.9 Å². The number of aromatic nitrogens is 4. The monoisotopic (exact) mass is 614 g/mol. The lowest BCUT2D eigenvalue weighted by Crippen LogP contribution is -1.99. The Morgan fingerprint density at radius 3 is 1.62 bits per heavy atom. The first kappa shape index (κ1) is 26.8. The van der Waals surface area contributed by atoms with E-state index in [0.717, 1.165) is 39.4 Å². The lowest BCUT2D eigenvalue weighted by Gasteiger charge is -2.13. The van der Waals surface area contributed by atoms with E-state index in [4.69, 9.17) is 4.98 Å². The van der Waals surface area contributed by atoms with E-state index >= 15 is 0 Å². The molecule has 0 atom stereocenters. The summed E-state index contributed by atoms with van der Waals surface area (Å²) in [5.74, 6) is 0.972. The van der Waals surface area contributed by atoms with Gasteiger partial charge in [-0.2, -0.15) is 0 Å². The second kappa shape index (κ2) is 10.3. The second-order valence-corrected chi connectivity index (χ2v) is 12.5. The lowest BCUT2D eigenvalue weighted by atomic mass is 10.0. The molecule has 0 aliphatic rings. The molecule has 0 saturated carbocycles. The highest BCUT2D eigenvalue weighted by Gasteiger charge is 2.21. The van der Waals surface area contributed by atoms with Gasteiger partial charge in [0, 0.05) is 45.5 Å². The van der Waals surface area contributed by atoms with Gasteiger partial charge >= 0.3 is 0 Å². The molecule has 0 N–H and O–H groups in total. The molecule has 0 radical (unpaired) electrons. The van der Waals surface area contributed by atoms with Crippen molar-refractivity contribution in [2.75, 3.05) is 0 Å². The van der Waals surface area contributed by atoms with E-state index in [1.165, 1.54) is 49.2 Å². The molecule has 0 bridgehead atoms. The van der Waals surface area contributed by atoms with Gasteiger partial charge in [0.1, 0.15) is 5.82 Å². The van der Waals surface area contributed by atoms with Crippen LogP contribution in [-0.4, -0.2) is 18.7 Å². The third-order valence-electron chi connectivity index (χ3n) is 9.83. The molecule has 10 aromatic rings. The zero-order valence-electron chi connectivity index (χ0n) is 26.4. The molecule has 226 valence electrons. The molecule has 0 aliphatic carbocycles. The fourth-order valence-electron chi connectivity index (χ4n) is 7.65. The van der Waals surface area contributed by atoms with Crippen LogP contribution in [0.15, 0.2) is 164 Å². The maximum absolute atomic E-state index is 4.98.